The van der Waals surface area contributed by atoms with Gasteiger partial charge in [0.15, 0.2) is 0 Å². The van der Waals surface area contributed by atoms with E-state index in [4.69, 9.17) is 0 Å². The molecule has 2 amide bonds. The zero-order valence-corrected chi connectivity index (χ0v) is 13.9. The van der Waals surface area contributed by atoms with Crippen molar-refractivity contribution in [3.05, 3.63) is 36.4 Å². The maximum atomic E-state index is 12.2. The molecule has 0 bridgehead atoms. The molecule has 3 aromatic heterocycles. The fourth-order valence-electron chi connectivity index (χ4n) is 3.54. The molecule has 124 valence electrons. The molecule has 1 unspecified atom stereocenters. The van der Waals surface area contributed by atoms with Crippen molar-refractivity contribution in [2.45, 2.75) is 32.2 Å². The summed E-state index contributed by atoms with van der Waals surface area (Å²) >= 11 is 0. The van der Waals surface area contributed by atoms with Crippen molar-refractivity contribution in [1.82, 2.24) is 25.2 Å². The first-order valence-electron chi connectivity index (χ1n) is 8.38. The van der Waals surface area contributed by atoms with Crippen LogP contribution in [0.2, 0.25) is 0 Å². The van der Waals surface area contributed by atoms with E-state index in [0.717, 1.165) is 41.3 Å². The van der Waals surface area contributed by atoms with Crippen molar-refractivity contribution in [2.75, 3.05) is 13.1 Å². The standard InChI is InChI=1S/C18H21N5O/c1-11(2)22-18(24)23-6-4-12(10-23)15-9-21-17-16(15)14-3-5-19-7-13(14)8-20-17/h3,5,7-9,11-12H,4,6,10H2,1-2H3,(H,20,21)(H,22,24). The molecule has 1 saturated heterocycles. The van der Waals surface area contributed by atoms with Gasteiger partial charge in [0, 0.05) is 60.6 Å². The molecule has 1 aliphatic rings. The van der Waals surface area contributed by atoms with Crippen LogP contribution >= 0.6 is 0 Å². The number of aromatic nitrogens is 3. The van der Waals surface area contributed by atoms with Crippen molar-refractivity contribution < 1.29 is 4.79 Å². The molecule has 0 spiro atoms. The number of amides is 2. The van der Waals surface area contributed by atoms with E-state index >= 15 is 0 Å². The summed E-state index contributed by atoms with van der Waals surface area (Å²) in [6, 6.07) is 2.22. The molecular weight excluding hydrogens is 302 g/mol. The van der Waals surface area contributed by atoms with Crippen LogP contribution in [0.25, 0.3) is 21.8 Å². The van der Waals surface area contributed by atoms with E-state index in [-0.39, 0.29) is 12.1 Å². The molecule has 6 nitrogen and oxygen atoms in total. The highest BCUT2D eigenvalue weighted by atomic mass is 16.2. The van der Waals surface area contributed by atoms with Gasteiger partial charge < -0.3 is 15.2 Å². The number of aromatic amines is 1. The number of hydrogen-bond acceptors (Lipinski definition) is 3. The molecule has 3 aromatic rings. The first kappa shape index (κ1) is 14.9. The number of likely N-dealkylation sites (tertiary alicyclic amines) is 1. The predicted octanol–water partition coefficient (Wildman–Crippen LogP) is 3.02. The molecule has 4 rings (SSSR count). The largest absolute Gasteiger partial charge is 0.346 e. The van der Waals surface area contributed by atoms with E-state index in [1.807, 2.05) is 49.6 Å². The molecule has 2 N–H and O–H groups in total. The molecule has 1 fully saturated rings. The minimum atomic E-state index is 0.0273. The molecule has 0 saturated carbocycles. The fourth-order valence-corrected chi connectivity index (χ4v) is 3.54. The SMILES string of the molecule is CC(C)NC(=O)N1CCC(c2c[nH]c3ncc4cnccc4c23)C1. The molecule has 0 radical (unpaired) electrons. The van der Waals surface area contributed by atoms with Gasteiger partial charge in [-0.1, -0.05) is 0 Å². The van der Waals surface area contributed by atoms with Crippen LogP contribution in [0.4, 0.5) is 4.79 Å². The summed E-state index contributed by atoms with van der Waals surface area (Å²) in [7, 11) is 0. The topological polar surface area (TPSA) is 73.9 Å². The Hall–Kier alpha value is -2.63. The van der Waals surface area contributed by atoms with Gasteiger partial charge in [-0.2, -0.15) is 0 Å². The second-order valence-electron chi connectivity index (χ2n) is 6.72. The average molecular weight is 323 g/mol. The van der Waals surface area contributed by atoms with Crippen LogP contribution < -0.4 is 5.32 Å². The van der Waals surface area contributed by atoms with Crippen LogP contribution in [0, 0.1) is 0 Å². The van der Waals surface area contributed by atoms with Crippen molar-refractivity contribution in [3.8, 4) is 0 Å². The maximum absolute atomic E-state index is 12.2. The summed E-state index contributed by atoms with van der Waals surface area (Å²) in [5, 5.41) is 6.34. The van der Waals surface area contributed by atoms with Gasteiger partial charge in [0.25, 0.3) is 0 Å². The lowest BCUT2D eigenvalue weighted by molar-refractivity contribution is 0.205. The van der Waals surface area contributed by atoms with E-state index < -0.39 is 0 Å². The predicted molar refractivity (Wildman–Crippen MR) is 94.0 cm³/mol. The van der Waals surface area contributed by atoms with E-state index in [0.29, 0.717) is 5.92 Å². The number of H-pyrrole nitrogens is 1. The van der Waals surface area contributed by atoms with E-state index in [9.17, 15) is 4.79 Å². The summed E-state index contributed by atoms with van der Waals surface area (Å²) in [5.74, 6) is 0.331. The van der Waals surface area contributed by atoms with Gasteiger partial charge in [-0.3, -0.25) is 4.98 Å². The minimum Gasteiger partial charge on any atom is -0.346 e. The summed E-state index contributed by atoms with van der Waals surface area (Å²) < 4.78 is 0. The van der Waals surface area contributed by atoms with Crippen LogP contribution in [-0.4, -0.2) is 45.0 Å². The van der Waals surface area contributed by atoms with Crippen LogP contribution in [0.5, 0.6) is 0 Å². The number of nitrogens with one attached hydrogen (secondary N) is 2. The molecule has 6 heteroatoms. The number of carbonyl (C=O) groups is 1. The van der Waals surface area contributed by atoms with Crippen molar-refractivity contribution in [1.29, 1.82) is 0 Å². The highest BCUT2D eigenvalue weighted by Gasteiger charge is 2.29. The maximum Gasteiger partial charge on any atom is 0.317 e. The Labute approximate surface area is 140 Å². The van der Waals surface area contributed by atoms with Gasteiger partial charge in [-0.25, -0.2) is 9.78 Å². The molecule has 1 aliphatic heterocycles. The average Bonchev–Trinajstić information content (AvgIpc) is 3.21. The first-order valence-corrected chi connectivity index (χ1v) is 8.38. The number of rotatable bonds is 2. The summed E-state index contributed by atoms with van der Waals surface area (Å²) in [5.41, 5.74) is 2.14. The highest BCUT2D eigenvalue weighted by Crippen LogP contribution is 2.35. The lowest BCUT2D eigenvalue weighted by atomic mass is 9.96. The number of carbonyl (C=O) groups excluding carboxylic acids is 1. The third-order valence-electron chi connectivity index (χ3n) is 4.67. The number of urea groups is 1. The number of pyridine rings is 2. The zero-order valence-electron chi connectivity index (χ0n) is 13.9. The Balaban J connectivity index is 1.68. The quantitative estimate of drug-likeness (QED) is 0.761. The molecule has 4 heterocycles. The highest BCUT2D eigenvalue weighted by molar-refractivity contribution is 6.06. The third kappa shape index (κ3) is 2.48. The summed E-state index contributed by atoms with van der Waals surface area (Å²) in [6.07, 6.45) is 8.53. The molecule has 0 aromatic carbocycles. The monoisotopic (exact) mass is 323 g/mol. The van der Waals surface area contributed by atoms with Gasteiger partial charge in [0.05, 0.1) is 0 Å². The second kappa shape index (κ2) is 5.78. The Bertz CT molecular complexity index is 901. The molecule has 1 atom stereocenters. The van der Waals surface area contributed by atoms with Gasteiger partial charge in [-0.05, 0) is 37.3 Å². The number of fused-ring (bicyclic) bond motifs is 3. The normalized spacial score (nSPS) is 18.0. The van der Waals surface area contributed by atoms with Gasteiger partial charge in [0.2, 0.25) is 0 Å². The van der Waals surface area contributed by atoms with Crippen LogP contribution in [0.3, 0.4) is 0 Å². The first-order chi connectivity index (χ1) is 11.6. The fraction of sp³-hybridized carbons (Fsp3) is 0.389. The lowest BCUT2D eigenvalue weighted by Gasteiger charge is -2.19. The molecular formula is C18H21N5O. The smallest absolute Gasteiger partial charge is 0.317 e. The lowest BCUT2D eigenvalue weighted by Crippen LogP contribution is -2.41. The van der Waals surface area contributed by atoms with Crippen molar-refractivity contribution in [2.24, 2.45) is 0 Å². The Kier molecular flexibility index (Phi) is 3.59. The van der Waals surface area contributed by atoms with Crippen molar-refractivity contribution >= 4 is 27.8 Å². The Morgan fingerprint density at radius 1 is 1.42 bits per heavy atom. The van der Waals surface area contributed by atoms with E-state index in [1.54, 1.807) is 0 Å². The Morgan fingerprint density at radius 3 is 3.12 bits per heavy atom. The van der Waals surface area contributed by atoms with Gasteiger partial charge in [0.1, 0.15) is 5.65 Å². The van der Waals surface area contributed by atoms with Crippen molar-refractivity contribution in [3.63, 3.8) is 0 Å². The van der Waals surface area contributed by atoms with E-state index in [1.165, 1.54) is 5.56 Å². The zero-order chi connectivity index (χ0) is 16.7. The number of hydrogen-bond donors (Lipinski definition) is 2. The van der Waals surface area contributed by atoms with E-state index in [2.05, 4.69) is 20.3 Å². The summed E-state index contributed by atoms with van der Waals surface area (Å²) in [6.45, 7) is 5.50. The molecule has 0 aliphatic carbocycles. The van der Waals surface area contributed by atoms with Crippen LogP contribution in [0.1, 0.15) is 31.7 Å². The van der Waals surface area contributed by atoms with Crippen LogP contribution in [0.15, 0.2) is 30.9 Å². The van der Waals surface area contributed by atoms with Gasteiger partial charge >= 0.3 is 6.03 Å². The van der Waals surface area contributed by atoms with Crippen LogP contribution in [-0.2, 0) is 0 Å². The third-order valence-corrected chi connectivity index (χ3v) is 4.67. The molecule has 24 heavy (non-hydrogen) atoms. The Morgan fingerprint density at radius 2 is 2.29 bits per heavy atom. The second-order valence-corrected chi connectivity index (χ2v) is 6.72. The minimum absolute atomic E-state index is 0.0273. The number of nitrogens with zero attached hydrogens (tertiary/aromatic N) is 3. The van der Waals surface area contributed by atoms with Gasteiger partial charge in [-0.15, -0.1) is 0 Å². The summed E-state index contributed by atoms with van der Waals surface area (Å²) in [4.78, 5) is 26.1.